The van der Waals surface area contributed by atoms with Crippen LogP contribution < -0.4 is 0 Å². The van der Waals surface area contributed by atoms with Crippen LogP contribution in [0.2, 0.25) is 0 Å². The zero-order valence-corrected chi connectivity index (χ0v) is 16.3. The molecular weight excluding hydrogens is 350 g/mol. The van der Waals surface area contributed by atoms with Gasteiger partial charge in [-0.3, -0.25) is 0 Å². The molecule has 3 nitrogen and oxygen atoms in total. The van der Waals surface area contributed by atoms with Gasteiger partial charge in [0.15, 0.2) is 6.29 Å². The van der Waals surface area contributed by atoms with E-state index in [1.165, 1.54) is 42.5 Å². The summed E-state index contributed by atoms with van der Waals surface area (Å²) in [7, 11) is 0. The molecule has 5 heteroatoms. The predicted octanol–water partition coefficient (Wildman–Crippen LogP) is 6.10. The van der Waals surface area contributed by atoms with Crippen molar-refractivity contribution in [3.05, 3.63) is 21.9 Å². The quantitative estimate of drug-likeness (QED) is 0.648. The summed E-state index contributed by atoms with van der Waals surface area (Å²) in [5.41, 5.74) is 0. The molecule has 0 radical (unpaired) electrons. The number of nitriles is 1. The highest BCUT2D eigenvalue weighted by Gasteiger charge is 2.32. The summed E-state index contributed by atoms with van der Waals surface area (Å²) < 4.78 is 13.4. The van der Waals surface area contributed by atoms with Gasteiger partial charge >= 0.3 is 0 Å². The maximum Gasteiger partial charge on any atom is 0.193 e. The Hall–Kier alpha value is -0.930. The maximum absolute atomic E-state index is 8.99. The second-order valence-electron chi connectivity index (χ2n) is 7.44. The Morgan fingerprint density at radius 2 is 1.84 bits per heavy atom. The van der Waals surface area contributed by atoms with Crippen LogP contribution in [0.4, 0.5) is 0 Å². The summed E-state index contributed by atoms with van der Waals surface area (Å²) in [5.74, 6) is 2.29. The van der Waals surface area contributed by atoms with Crippen molar-refractivity contribution in [2.75, 3.05) is 13.2 Å². The smallest absolute Gasteiger partial charge is 0.193 e. The number of hydrogen-bond donors (Lipinski definition) is 0. The van der Waals surface area contributed by atoms with Crippen molar-refractivity contribution in [2.24, 2.45) is 17.8 Å². The highest BCUT2D eigenvalue weighted by atomic mass is 32.2. The van der Waals surface area contributed by atoms with Gasteiger partial charge < -0.3 is 9.47 Å². The van der Waals surface area contributed by atoms with Gasteiger partial charge in [-0.1, -0.05) is 32.6 Å². The van der Waals surface area contributed by atoms with Crippen molar-refractivity contribution < 1.29 is 9.47 Å². The van der Waals surface area contributed by atoms with Gasteiger partial charge in [0.2, 0.25) is 0 Å². The topological polar surface area (TPSA) is 42.2 Å². The van der Waals surface area contributed by atoms with Crippen LogP contribution in [-0.4, -0.2) is 13.2 Å². The number of ether oxygens (including phenoxy) is 2. The van der Waals surface area contributed by atoms with Crippen LogP contribution in [0.25, 0.3) is 9.40 Å². The first-order chi connectivity index (χ1) is 12.3. The third kappa shape index (κ3) is 3.78. The van der Waals surface area contributed by atoms with Crippen molar-refractivity contribution in [1.29, 1.82) is 5.26 Å². The molecule has 2 fully saturated rings. The van der Waals surface area contributed by atoms with Crippen LogP contribution in [0, 0.1) is 29.1 Å². The van der Waals surface area contributed by atoms with Crippen molar-refractivity contribution in [2.45, 2.75) is 51.7 Å². The first kappa shape index (κ1) is 17.5. The minimum absolute atomic E-state index is 0.220. The molecule has 1 saturated heterocycles. The highest BCUT2D eigenvalue weighted by molar-refractivity contribution is 7.38. The second-order valence-corrected chi connectivity index (χ2v) is 9.84. The van der Waals surface area contributed by atoms with E-state index in [1.54, 1.807) is 22.7 Å². The van der Waals surface area contributed by atoms with E-state index in [0.29, 0.717) is 5.92 Å². The highest BCUT2D eigenvalue weighted by Crippen LogP contribution is 2.41. The van der Waals surface area contributed by atoms with E-state index in [0.717, 1.165) is 40.2 Å². The van der Waals surface area contributed by atoms with Gasteiger partial charge in [-0.15, -0.1) is 22.7 Å². The zero-order chi connectivity index (χ0) is 17.2. The summed E-state index contributed by atoms with van der Waals surface area (Å²) in [4.78, 5) is 1.91. The summed E-state index contributed by atoms with van der Waals surface area (Å²) in [6.07, 6.45) is 7.97. The van der Waals surface area contributed by atoms with E-state index in [4.69, 9.17) is 14.7 Å². The summed E-state index contributed by atoms with van der Waals surface area (Å²) in [6, 6.07) is 6.30. The van der Waals surface area contributed by atoms with Crippen LogP contribution >= 0.6 is 22.7 Å². The molecule has 0 bridgehead atoms. The third-order valence-corrected chi connectivity index (χ3v) is 8.07. The van der Waals surface area contributed by atoms with Crippen LogP contribution in [0.1, 0.15) is 61.5 Å². The van der Waals surface area contributed by atoms with E-state index in [9.17, 15) is 0 Å². The third-order valence-electron chi connectivity index (χ3n) is 5.75. The predicted molar refractivity (Wildman–Crippen MR) is 103 cm³/mol. The number of hydrogen-bond acceptors (Lipinski definition) is 5. The fourth-order valence-corrected chi connectivity index (χ4v) is 6.60. The number of nitrogens with zero attached hydrogens (tertiary/aromatic N) is 1. The molecule has 0 atom stereocenters. The fourth-order valence-electron chi connectivity index (χ4n) is 4.34. The number of rotatable bonds is 4. The second kappa shape index (κ2) is 7.75. The Kier molecular flexibility index (Phi) is 5.42. The van der Waals surface area contributed by atoms with E-state index < -0.39 is 0 Å². The lowest BCUT2D eigenvalue weighted by Gasteiger charge is -2.37. The Labute approximate surface area is 157 Å². The van der Waals surface area contributed by atoms with Gasteiger partial charge in [-0.2, -0.15) is 5.26 Å². The molecule has 1 aliphatic heterocycles. The molecule has 0 spiro atoms. The summed E-state index contributed by atoms with van der Waals surface area (Å²) in [6.45, 7) is 3.94. The van der Waals surface area contributed by atoms with E-state index in [2.05, 4.69) is 19.1 Å². The maximum atomic E-state index is 8.99. The molecule has 2 aromatic heterocycles. The lowest BCUT2D eigenvalue weighted by molar-refractivity contribution is -0.213. The normalized spacial score (nSPS) is 30.4. The van der Waals surface area contributed by atoms with Crippen molar-refractivity contribution in [1.82, 2.24) is 0 Å². The van der Waals surface area contributed by atoms with Crippen molar-refractivity contribution in [3.8, 4) is 6.07 Å². The van der Waals surface area contributed by atoms with Crippen LogP contribution in [0.5, 0.6) is 0 Å². The average molecular weight is 376 g/mol. The standard InChI is InChI=1S/C20H25NO2S2/c1-2-3-13-4-6-14(7-5-13)16-11-22-19(23-12-16)18-9-15-8-17(10-21)24-20(15)25-18/h8-9,13-14,16,19H,2-7,11-12H2,1H3. The Morgan fingerprint density at radius 3 is 2.48 bits per heavy atom. The number of fused-ring (bicyclic) bond motifs is 1. The first-order valence-electron chi connectivity index (χ1n) is 9.43. The van der Waals surface area contributed by atoms with Gasteiger partial charge in [-0.05, 0) is 36.8 Å². The zero-order valence-electron chi connectivity index (χ0n) is 14.7. The molecule has 1 aliphatic carbocycles. The Morgan fingerprint density at radius 1 is 1.08 bits per heavy atom. The Bertz CT molecular complexity index is 712. The van der Waals surface area contributed by atoms with Gasteiger partial charge in [0.1, 0.15) is 10.9 Å². The molecule has 0 aromatic carbocycles. The summed E-state index contributed by atoms with van der Waals surface area (Å²) >= 11 is 3.26. The van der Waals surface area contributed by atoms with Gasteiger partial charge in [0.05, 0.1) is 22.1 Å². The van der Waals surface area contributed by atoms with E-state index in [1.807, 2.05) is 6.07 Å². The number of thiophene rings is 2. The monoisotopic (exact) mass is 375 g/mol. The minimum atomic E-state index is -0.220. The van der Waals surface area contributed by atoms with Gasteiger partial charge in [-0.25, -0.2) is 0 Å². The lowest BCUT2D eigenvalue weighted by Crippen LogP contribution is -2.34. The van der Waals surface area contributed by atoms with Gasteiger partial charge in [0, 0.05) is 11.3 Å². The summed E-state index contributed by atoms with van der Waals surface area (Å²) in [5, 5.41) is 10.1. The molecule has 0 amide bonds. The molecule has 0 unspecified atom stereocenters. The van der Waals surface area contributed by atoms with Crippen LogP contribution in [-0.2, 0) is 9.47 Å². The average Bonchev–Trinajstić information content (AvgIpc) is 3.21. The molecule has 2 aliphatic rings. The molecule has 0 N–H and O–H groups in total. The molecule has 1 saturated carbocycles. The largest absolute Gasteiger partial charge is 0.347 e. The molecule has 4 rings (SSSR count). The van der Waals surface area contributed by atoms with E-state index in [-0.39, 0.29) is 6.29 Å². The molecule has 25 heavy (non-hydrogen) atoms. The van der Waals surface area contributed by atoms with E-state index >= 15 is 0 Å². The lowest BCUT2D eigenvalue weighted by atomic mass is 9.75. The SMILES string of the molecule is CCCC1CCC(C2COC(c3cc4cc(C#N)sc4s3)OC2)CC1. The van der Waals surface area contributed by atoms with Crippen LogP contribution in [0.3, 0.4) is 0 Å². The molecule has 134 valence electrons. The first-order valence-corrected chi connectivity index (χ1v) is 11.1. The minimum Gasteiger partial charge on any atom is -0.347 e. The molecule has 2 aromatic rings. The van der Waals surface area contributed by atoms with Crippen molar-refractivity contribution >= 4 is 32.1 Å². The fraction of sp³-hybridized carbons (Fsp3) is 0.650. The molecule has 3 heterocycles. The van der Waals surface area contributed by atoms with Gasteiger partial charge in [0.25, 0.3) is 0 Å². The Balaban J connectivity index is 1.32. The van der Waals surface area contributed by atoms with Crippen molar-refractivity contribution in [3.63, 3.8) is 0 Å². The molecular formula is C20H25NO2S2. The van der Waals surface area contributed by atoms with Crippen LogP contribution in [0.15, 0.2) is 12.1 Å².